The number of carbonyl (C=O) groups excluding carboxylic acids is 1. The highest BCUT2D eigenvalue weighted by molar-refractivity contribution is 7.10. The third-order valence-corrected chi connectivity index (χ3v) is 5.06. The molecule has 1 aliphatic carbocycles. The zero-order chi connectivity index (χ0) is 16.2. The molecule has 124 valence electrons. The Balaban J connectivity index is 1.79. The molecule has 1 fully saturated rings. The van der Waals surface area contributed by atoms with E-state index in [2.05, 4.69) is 35.1 Å². The average Bonchev–Trinajstić information content (AvgIpc) is 3.05. The van der Waals surface area contributed by atoms with Crippen molar-refractivity contribution in [1.29, 1.82) is 0 Å². The predicted molar refractivity (Wildman–Crippen MR) is 91.2 cm³/mol. The van der Waals surface area contributed by atoms with E-state index in [1.807, 2.05) is 20.8 Å². The lowest BCUT2D eigenvalue weighted by Gasteiger charge is -2.26. The van der Waals surface area contributed by atoms with Crippen LogP contribution in [0.3, 0.4) is 0 Å². The maximum atomic E-state index is 11.8. The van der Waals surface area contributed by atoms with Gasteiger partial charge in [0.1, 0.15) is 5.60 Å². The maximum absolute atomic E-state index is 11.8. The first kappa shape index (κ1) is 17.3. The Morgan fingerprint density at radius 1 is 1.45 bits per heavy atom. The fourth-order valence-electron chi connectivity index (χ4n) is 2.97. The highest BCUT2D eigenvalue weighted by atomic mass is 32.1. The predicted octanol–water partition coefficient (Wildman–Crippen LogP) is 4.09. The molecular formula is C17H28N2O2S. The Bertz CT molecular complexity index is 468. The molecule has 0 bridgehead atoms. The van der Waals surface area contributed by atoms with Gasteiger partial charge in [0.25, 0.3) is 0 Å². The number of hydrogen-bond donors (Lipinski definition) is 2. The Hall–Kier alpha value is -1.07. The van der Waals surface area contributed by atoms with E-state index in [-0.39, 0.29) is 6.09 Å². The molecule has 3 atom stereocenters. The van der Waals surface area contributed by atoms with Gasteiger partial charge in [0.05, 0.1) is 0 Å². The van der Waals surface area contributed by atoms with Crippen LogP contribution in [0.2, 0.25) is 0 Å². The molecule has 5 heteroatoms. The minimum Gasteiger partial charge on any atom is -0.444 e. The molecule has 1 aromatic rings. The molecular weight excluding hydrogens is 296 g/mol. The van der Waals surface area contributed by atoms with Crippen molar-refractivity contribution in [3.63, 3.8) is 0 Å². The molecule has 1 saturated carbocycles. The second-order valence-electron chi connectivity index (χ2n) is 7.08. The summed E-state index contributed by atoms with van der Waals surface area (Å²) in [5.41, 5.74) is -0.439. The molecule has 0 radical (unpaired) electrons. The summed E-state index contributed by atoms with van der Waals surface area (Å²) < 4.78 is 5.30. The minimum absolute atomic E-state index is 0.315. The molecule has 4 nitrogen and oxygen atoms in total. The monoisotopic (exact) mass is 324 g/mol. The zero-order valence-electron chi connectivity index (χ0n) is 14.0. The summed E-state index contributed by atoms with van der Waals surface area (Å²) in [6, 6.07) is 5.10. The lowest BCUT2D eigenvalue weighted by Crippen LogP contribution is -2.41. The van der Waals surface area contributed by atoms with Crippen LogP contribution in [0, 0.1) is 5.92 Å². The minimum atomic E-state index is -0.439. The molecule has 2 N–H and O–H groups in total. The lowest BCUT2D eigenvalue weighted by molar-refractivity contribution is 0.0517. The number of ether oxygens (including phenoxy) is 1. The first-order valence-electron chi connectivity index (χ1n) is 8.11. The highest BCUT2D eigenvalue weighted by Gasteiger charge is 2.29. The topological polar surface area (TPSA) is 50.4 Å². The molecule has 0 aromatic carbocycles. The van der Waals surface area contributed by atoms with E-state index >= 15 is 0 Å². The van der Waals surface area contributed by atoms with Crippen molar-refractivity contribution in [2.24, 2.45) is 5.92 Å². The second-order valence-corrected chi connectivity index (χ2v) is 8.06. The summed E-state index contributed by atoms with van der Waals surface area (Å²) in [7, 11) is 0. The van der Waals surface area contributed by atoms with Gasteiger partial charge in [-0.05, 0) is 57.9 Å². The molecule has 0 saturated heterocycles. The van der Waals surface area contributed by atoms with E-state index < -0.39 is 5.60 Å². The quantitative estimate of drug-likeness (QED) is 0.857. The molecule has 2 rings (SSSR count). The first-order valence-corrected chi connectivity index (χ1v) is 8.99. The molecule has 2 unspecified atom stereocenters. The number of carbonyl (C=O) groups is 1. The third kappa shape index (κ3) is 5.29. The highest BCUT2D eigenvalue weighted by Crippen LogP contribution is 2.28. The van der Waals surface area contributed by atoms with Gasteiger partial charge < -0.3 is 15.4 Å². The van der Waals surface area contributed by atoms with E-state index in [4.69, 9.17) is 4.74 Å². The molecule has 1 heterocycles. The van der Waals surface area contributed by atoms with Gasteiger partial charge in [0.2, 0.25) is 0 Å². The Kier molecular flexibility index (Phi) is 5.87. The van der Waals surface area contributed by atoms with Gasteiger partial charge in [0.15, 0.2) is 0 Å². The summed E-state index contributed by atoms with van der Waals surface area (Å²) in [6.07, 6.45) is 3.24. The fraction of sp³-hybridized carbons (Fsp3) is 0.706. The molecule has 1 aliphatic rings. The van der Waals surface area contributed by atoms with Crippen molar-refractivity contribution in [3.05, 3.63) is 22.4 Å². The normalized spacial score (nSPS) is 23.3. The number of hydrogen-bond acceptors (Lipinski definition) is 4. The Morgan fingerprint density at radius 2 is 2.23 bits per heavy atom. The van der Waals surface area contributed by atoms with Gasteiger partial charge in [-0.1, -0.05) is 12.5 Å². The van der Waals surface area contributed by atoms with Crippen molar-refractivity contribution < 1.29 is 9.53 Å². The summed E-state index contributed by atoms with van der Waals surface area (Å²) in [6.45, 7) is 8.55. The van der Waals surface area contributed by atoms with Gasteiger partial charge in [0, 0.05) is 23.5 Å². The van der Waals surface area contributed by atoms with E-state index in [1.54, 1.807) is 11.3 Å². The van der Waals surface area contributed by atoms with Gasteiger partial charge in [-0.25, -0.2) is 4.79 Å². The van der Waals surface area contributed by atoms with Crippen LogP contribution in [-0.2, 0) is 4.74 Å². The molecule has 0 aliphatic heterocycles. The summed E-state index contributed by atoms with van der Waals surface area (Å²) in [5.74, 6) is 0.481. The van der Waals surface area contributed by atoms with Crippen molar-refractivity contribution in [2.75, 3.05) is 6.54 Å². The summed E-state index contributed by atoms with van der Waals surface area (Å²) >= 11 is 1.79. The van der Waals surface area contributed by atoms with E-state index in [0.29, 0.717) is 24.5 Å². The fourth-order valence-corrected chi connectivity index (χ4v) is 3.71. The average molecular weight is 324 g/mol. The number of alkyl carbamates (subject to hydrolysis) is 1. The van der Waals surface area contributed by atoms with Crippen LogP contribution in [0.15, 0.2) is 17.5 Å². The van der Waals surface area contributed by atoms with Gasteiger partial charge >= 0.3 is 6.09 Å². The molecule has 1 amide bonds. The van der Waals surface area contributed by atoms with E-state index in [0.717, 1.165) is 6.42 Å². The molecule has 0 spiro atoms. The zero-order valence-corrected chi connectivity index (χ0v) is 14.8. The van der Waals surface area contributed by atoms with Gasteiger partial charge in [-0.3, -0.25) is 0 Å². The van der Waals surface area contributed by atoms with Crippen molar-refractivity contribution in [1.82, 2.24) is 10.6 Å². The van der Waals surface area contributed by atoms with Crippen LogP contribution in [0.25, 0.3) is 0 Å². The summed E-state index contributed by atoms with van der Waals surface area (Å²) in [5, 5.41) is 8.76. The number of rotatable bonds is 5. The standard InChI is InChI=1S/C17H28N2O2S/c1-12(15-9-6-10-22-15)19-14-8-5-7-13(14)11-18-16(20)21-17(2,3)4/h6,9-10,12-14,19H,5,7-8,11H2,1-4H3,(H,18,20)/t12-,13?,14?/m0/s1. The number of amides is 1. The van der Waals surface area contributed by atoms with E-state index in [9.17, 15) is 4.79 Å². The van der Waals surface area contributed by atoms with Crippen LogP contribution in [0.1, 0.15) is 57.9 Å². The molecule has 22 heavy (non-hydrogen) atoms. The van der Waals surface area contributed by atoms with E-state index in [1.165, 1.54) is 17.7 Å². The lowest BCUT2D eigenvalue weighted by atomic mass is 10.0. The van der Waals surface area contributed by atoms with Crippen molar-refractivity contribution in [2.45, 2.75) is 64.6 Å². The van der Waals surface area contributed by atoms with Crippen LogP contribution in [-0.4, -0.2) is 24.3 Å². The smallest absolute Gasteiger partial charge is 0.407 e. The number of nitrogens with one attached hydrogen (secondary N) is 2. The SMILES string of the molecule is C[C@H](NC1CCCC1CNC(=O)OC(C)(C)C)c1cccs1. The first-order chi connectivity index (χ1) is 10.3. The van der Waals surface area contributed by atoms with Crippen LogP contribution in [0.5, 0.6) is 0 Å². The number of thiophene rings is 1. The second kappa shape index (κ2) is 7.47. The summed E-state index contributed by atoms with van der Waals surface area (Å²) in [4.78, 5) is 13.1. The molecule has 1 aromatic heterocycles. The Morgan fingerprint density at radius 3 is 2.86 bits per heavy atom. The van der Waals surface area contributed by atoms with Crippen LogP contribution < -0.4 is 10.6 Å². The Labute approximate surface area is 137 Å². The maximum Gasteiger partial charge on any atom is 0.407 e. The largest absolute Gasteiger partial charge is 0.444 e. The third-order valence-electron chi connectivity index (χ3n) is 4.00. The van der Waals surface area contributed by atoms with Crippen molar-refractivity contribution >= 4 is 17.4 Å². The van der Waals surface area contributed by atoms with Gasteiger partial charge in [-0.2, -0.15) is 0 Å². The van der Waals surface area contributed by atoms with Crippen LogP contribution >= 0.6 is 11.3 Å². The van der Waals surface area contributed by atoms with Crippen LogP contribution in [0.4, 0.5) is 4.79 Å². The van der Waals surface area contributed by atoms with Gasteiger partial charge in [-0.15, -0.1) is 11.3 Å². The van der Waals surface area contributed by atoms with Crippen molar-refractivity contribution in [3.8, 4) is 0 Å².